The predicted molar refractivity (Wildman–Crippen MR) is 95.5 cm³/mol. The minimum atomic E-state index is -3.54. The molecule has 1 aliphatic rings. The second kappa shape index (κ2) is 7.97. The standard InChI is InChI=1S/C17H25N3O4S/c1-12(2)16(18-13(3)21)17(22)19-14-7-6-8-15(11-14)25(23,24)20-9-4-5-10-20/h6-8,11-12,16H,4-5,9-10H2,1-3H3,(H,18,21)(H,19,22)/t16-/m1/s1. The monoisotopic (exact) mass is 367 g/mol. The molecule has 1 heterocycles. The third-order valence-corrected chi connectivity index (χ3v) is 6.01. The van der Waals surface area contributed by atoms with Crippen molar-refractivity contribution < 1.29 is 18.0 Å². The van der Waals surface area contributed by atoms with Gasteiger partial charge in [-0.05, 0) is 37.0 Å². The molecule has 0 radical (unpaired) electrons. The van der Waals surface area contributed by atoms with Gasteiger partial charge in [-0.15, -0.1) is 0 Å². The quantitative estimate of drug-likeness (QED) is 0.798. The molecular weight excluding hydrogens is 342 g/mol. The summed E-state index contributed by atoms with van der Waals surface area (Å²) in [6.45, 7) is 6.06. The van der Waals surface area contributed by atoms with E-state index in [1.807, 2.05) is 13.8 Å². The topological polar surface area (TPSA) is 95.6 Å². The first-order valence-corrected chi connectivity index (χ1v) is 9.84. The smallest absolute Gasteiger partial charge is 0.247 e. The average molecular weight is 367 g/mol. The lowest BCUT2D eigenvalue weighted by atomic mass is 10.0. The number of carbonyl (C=O) groups excluding carboxylic acids is 2. The Hall–Kier alpha value is -1.93. The van der Waals surface area contributed by atoms with E-state index >= 15 is 0 Å². The zero-order chi connectivity index (χ0) is 18.6. The highest BCUT2D eigenvalue weighted by Gasteiger charge is 2.28. The van der Waals surface area contributed by atoms with Gasteiger partial charge in [0.25, 0.3) is 0 Å². The van der Waals surface area contributed by atoms with Crippen LogP contribution in [0.2, 0.25) is 0 Å². The molecule has 2 rings (SSSR count). The second-order valence-electron chi connectivity index (χ2n) is 6.55. The first-order chi connectivity index (χ1) is 11.7. The largest absolute Gasteiger partial charge is 0.344 e. The Morgan fingerprint density at radius 1 is 1.16 bits per heavy atom. The van der Waals surface area contributed by atoms with Crippen molar-refractivity contribution in [3.8, 4) is 0 Å². The lowest BCUT2D eigenvalue weighted by Gasteiger charge is -2.21. The van der Waals surface area contributed by atoms with Crippen molar-refractivity contribution in [2.75, 3.05) is 18.4 Å². The number of benzene rings is 1. The van der Waals surface area contributed by atoms with Crippen LogP contribution in [-0.4, -0.2) is 43.7 Å². The van der Waals surface area contributed by atoms with E-state index < -0.39 is 16.1 Å². The fraction of sp³-hybridized carbons (Fsp3) is 0.529. The van der Waals surface area contributed by atoms with Gasteiger partial charge in [0.05, 0.1) is 4.90 Å². The maximum Gasteiger partial charge on any atom is 0.247 e. The minimum Gasteiger partial charge on any atom is -0.344 e. The predicted octanol–water partition coefficient (Wildman–Crippen LogP) is 1.57. The van der Waals surface area contributed by atoms with E-state index in [-0.39, 0.29) is 22.6 Å². The molecule has 0 unspecified atom stereocenters. The molecule has 1 atom stereocenters. The van der Waals surface area contributed by atoms with E-state index in [0.29, 0.717) is 18.8 Å². The van der Waals surface area contributed by atoms with Gasteiger partial charge in [-0.1, -0.05) is 19.9 Å². The van der Waals surface area contributed by atoms with Crippen molar-refractivity contribution in [2.24, 2.45) is 5.92 Å². The van der Waals surface area contributed by atoms with Gasteiger partial charge >= 0.3 is 0 Å². The number of anilines is 1. The van der Waals surface area contributed by atoms with Crippen molar-refractivity contribution in [1.29, 1.82) is 0 Å². The lowest BCUT2D eigenvalue weighted by molar-refractivity contribution is -0.126. The summed E-state index contributed by atoms with van der Waals surface area (Å²) in [6.07, 6.45) is 1.73. The van der Waals surface area contributed by atoms with Crippen LogP contribution in [0.25, 0.3) is 0 Å². The summed E-state index contributed by atoms with van der Waals surface area (Å²) < 4.78 is 26.7. The number of hydrogen-bond donors (Lipinski definition) is 2. The van der Waals surface area contributed by atoms with Crippen LogP contribution >= 0.6 is 0 Å². The van der Waals surface area contributed by atoms with Gasteiger partial charge in [0.15, 0.2) is 0 Å². The van der Waals surface area contributed by atoms with Gasteiger partial charge in [0.2, 0.25) is 21.8 Å². The molecule has 1 aromatic carbocycles. The fourth-order valence-electron chi connectivity index (χ4n) is 2.79. The Labute approximate surface area is 148 Å². The van der Waals surface area contributed by atoms with Gasteiger partial charge in [0, 0.05) is 25.7 Å². The molecule has 0 saturated carbocycles. The van der Waals surface area contributed by atoms with Crippen molar-refractivity contribution in [3.63, 3.8) is 0 Å². The molecule has 1 fully saturated rings. The molecule has 2 amide bonds. The first-order valence-electron chi connectivity index (χ1n) is 8.40. The molecule has 138 valence electrons. The Bertz CT molecular complexity index is 740. The Morgan fingerprint density at radius 3 is 2.36 bits per heavy atom. The molecule has 25 heavy (non-hydrogen) atoms. The summed E-state index contributed by atoms with van der Waals surface area (Å²) in [7, 11) is -3.54. The van der Waals surface area contributed by atoms with Gasteiger partial charge in [-0.25, -0.2) is 8.42 Å². The average Bonchev–Trinajstić information content (AvgIpc) is 3.07. The Balaban J connectivity index is 2.18. The lowest BCUT2D eigenvalue weighted by Crippen LogP contribution is -2.46. The minimum absolute atomic E-state index is 0.0968. The van der Waals surface area contributed by atoms with Crippen LogP contribution in [0.4, 0.5) is 5.69 Å². The molecule has 1 aromatic rings. The molecule has 0 aliphatic carbocycles. The van der Waals surface area contributed by atoms with Gasteiger partial charge < -0.3 is 10.6 Å². The highest BCUT2D eigenvalue weighted by Crippen LogP contribution is 2.23. The third-order valence-electron chi connectivity index (χ3n) is 4.11. The first kappa shape index (κ1) is 19.4. The van der Waals surface area contributed by atoms with Gasteiger partial charge in [-0.3, -0.25) is 9.59 Å². The van der Waals surface area contributed by atoms with Crippen molar-refractivity contribution in [2.45, 2.75) is 44.6 Å². The van der Waals surface area contributed by atoms with Crippen molar-refractivity contribution >= 4 is 27.5 Å². The highest BCUT2D eigenvalue weighted by atomic mass is 32.2. The molecule has 7 nitrogen and oxygen atoms in total. The summed E-state index contributed by atoms with van der Waals surface area (Å²) in [6, 6.07) is 5.53. The van der Waals surface area contributed by atoms with E-state index in [0.717, 1.165) is 12.8 Å². The van der Waals surface area contributed by atoms with Crippen LogP contribution in [0.15, 0.2) is 29.2 Å². The highest BCUT2D eigenvalue weighted by molar-refractivity contribution is 7.89. The summed E-state index contributed by atoms with van der Waals surface area (Å²) in [5.74, 6) is -0.763. The summed E-state index contributed by atoms with van der Waals surface area (Å²) in [4.78, 5) is 23.9. The molecule has 1 aliphatic heterocycles. The number of nitrogens with one attached hydrogen (secondary N) is 2. The molecule has 8 heteroatoms. The molecule has 0 spiro atoms. The van der Waals surface area contributed by atoms with Gasteiger partial charge in [-0.2, -0.15) is 4.31 Å². The van der Waals surface area contributed by atoms with Crippen LogP contribution in [-0.2, 0) is 19.6 Å². The van der Waals surface area contributed by atoms with Crippen LogP contribution < -0.4 is 10.6 Å². The molecule has 2 N–H and O–H groups in total. The number of sulfonamides is 1. The van der Waals surface area contributed by atoms with Crippen LogP contribution in [0, 0.1) is 5.92 Å². The van der Waals surface area contributed by atoms with Crippen molar-refractivity contribution in [3.05, 3.63) is 24.3 Å². The summed E-state index contributed by atoms with van der Waals surface area (Å²) >= 11 is 0. The molecule has 0 aromatic heterocycles. The molecule has 0 bridgehead atoms. The molecular formula is C17H25N3O4S. The zero-order valence-electron chi connectivity index (χ0n) is 14.8. The SMILES string of the molecule is CC(=O)N[C@@H](C(=O)Nc1cccc(S(=O)(=O)N2CCCC2)c1)C(C)C. The third kappa shape index (κ3) is 4.79. The second-order valence-corrected chi connectivity index (χ2v) is 8.49. The van der Waals surface area contributed by atoms with Crippen LogP contribution in [0.1, 0.15) is 33.6 Å². The maximum absolute atomic E-state index is 12.6. The van der Waals surface area contributed by atoms with E-state index in [9.17, 15) is 18.0 Å². The van der Waals surface area contributed by atoms with Crippen molar-refractivity contribution in [1.82, 2.24) is 9.62 Å². The number of carbonyl (C=O) groups is 2. The Kier molecular flexibility index (Phi) is 6.18. The number of nitrogens with zero attached hydrogens (tertiary/aromatic N) is 1. The van der Waals surface area contributed by atoms with Crippen LogP contribution in [0.3, 0.4) is 0 Å². The summed E-state index contributed by atoms with van der Waals surface area (Å²) in [5.41, 5.74) is 0.390. The van der Waals surface area contributed by atoms with E-state index in [4.69, 9.17) is 0 Å². The fourth-order valence-corrected chi connectivity index (χ4v) is 4.35. The number of rotatable bonds is 6. The number of amides is 2. The van der Waals surface area contributed by atoms with E-state index in [1.165, 1.54) is 23.4 Å². The summed E-state index contributed by atoms with van der Waals surface area (Å²) in [5, 5.41) is 5.31. The normalized spacial score (nSPS) is 16.6. The maximum atomic E-state index is 12.6. The van der Waals surface area contributed by atoms with E-state index in [2.05, 4.69) is 10.6 Å². The van der Waals surface area contributed by atoms with Gasteiger partial charge in [0.1, 0.15) is 6.04 Å². The van der Waals surface area contributed by atoms with E-state index in [1.54, 1.807) is 12.1 Å². The Morgan fingerprint density at radius 2 is 1.80 bits per heavy atom. The number of hydrogen-bond acceptors (Lipinski definition) is 4. The van der Waals surface area contributed by atoms with Crippen LogP contribution in [0.5, 0.6) is 0 Å². The zero-order valence-corrected chi connectivity index (χ0v) is 15.6. The molecule has 1 saturated heterocycles.